The second kappa shape index (κ2) is 4.18. The van der Waals surface area contributed by atoms with E-state index in [9.17, 15) is 4.79 Å². The van der Waals surface area contributed by atoms with Crippen molar-refractivity contribution < 1.29 is 9.21 Å². The molecule has 1 heterocycles. The van der Waals surface area contributed by atoms with Gasteiger partial charge in [0.25, 0.3) is 0 Å². The van der Waals surface area contributed by atoms with Crippen molar-refractivity contribution in [3.05, 3.63) is 36.7 Å². The zero-order chi connectivity index (χ0) is 11.5. The minimum Gasteiger partial charge on any atom is -0.441 e. The van der Waals surface area contributed by atoms with Crippen molar-refractivity contribution in [3.63, 3.8) is 0 Å². The SMILES string of the molecule is C=CC(=O)Nc1ccc2oc(CC)nc2c1. The van der Waals surface area contributed by atoms with Gasteiger partial charge in [-0.2, -0.15) is 0 Å². The summed E-state index contributed by atoms with van der Waals surface area (Å²) in [7, 11) is 0. The van der Waals surface area contributed by atoms with E-state index in [2.05, 4.69) is 16.9 Å². The Morgan fingerprint density at radius 1 is 1.62 bits per heavy atom. The van der Waals surface area contributed by atoms with E-state index in [0.717, 1.165) is 17.5 Å². The smallest absolute Gasteiger partial charge is 0.247 e. The van der Waals surface area contributed by atoms with Gasteiger partial charge < -0.3 is 9.73 Å². The highest BCUT2D eigenvalue weighted by atomic mass is 16.3. The fraction of sp³-hybridized carbons (Fsp3) is 0.167. The van der Waals surface area contributed by atoms with Crippen LogP contribution in [0, 0.1) is 0 Å². The molecule has 1 amide bonds. The Bertz CT molecular complexity index is 543. The number of aryl methyl sites for hydroxylation is 1. The average Bonchev–Trinajstić information content (AvgIpc) is 2.71. The quantitative estimate of drug-likeness (QED) is 0.802. The van der Waals surface area contributed by atoms with Crippen LogP contribution in [-0.4, -0.2) is 10.9 Å². The highest BCUT2D eigenvalue weighted by Gasteiger charge is 2.05. The number of carbonyl (C=O) groups excluding carboxylic acids is 1. The van der Waals surface area contributed by atoms with E-state index in [4.69, 9.17) is 4.42 Å². The Morgan fingerprint density at radius 3 is 3.12 bits per heavy atom. The fourth-order valence-electron chi connectivity index (χ4n) is 1.40. The standard InChI is InChI=1S/C12H12N2O2/c1-3-11(15)13-8-5-6-10-9(7-8)14-12(4-2)16-10/h3,5-7H,1,4H2,2H3,(H,13,15). The maximum absolute atomic E-state index is 11.1. The summed E-state index contributed by atoms with van der Waals surface area (Å²) in [6.07, 6.45) is 1.98. The van der Waals surface area contributed by atoms with Gasteiger partial charge in [0.1, 0.15) is 5.52 Å². The molecule has 0 unspecified atom stereocenters. The van der Waals surface area contributed by atoms with Crippen molar-refractivity contribution in [1.29, 1.82) is 0 Å². The number of carbonyl (C=O) groups is 1. The predicted molar refractivity (Wildman–Crippen MR) is 62.2 cm³/mol. The number of oxazole rings is 1. The van der Waals surface area contributed by atoms with Crippen molar-refractivity contribution >= 4 is 22.7 Å². The van der Waals surface area contributed by atoms with E-state index < -0.39 is 0 Å². The van der Waals surface area contributed by atoms with Crippen LogP contribution in [-0.2, 0) is 11.2 Å². The number of hydrogen-bond donors (Lipinski definition) is 1. The van der Waals surface area contributed by atoms with Gasteiger partial charge in [-0.1, -0.05) is 13.5 Å². The van der Waals surface area contributed by atoms with E-state index in [0.29, 0.717) is 11.6 Å². The highest BCUT2D eigenvalue weighted by molar-refractivity contribution is 5.99. The molecule has 0 aliphatic rings. The van der Waals surface area contributed by atoms with Crippen LogP contribution < -0.4 is 5.32 Å². The van der Waals surface area contributed by atoms with Crippen molar-refractivity contribution in [3.8, 4) is 0 Å². The second-order valence-corrected chi connectivity index (χ2v) is 3.34. The van der Waals surface area contributed by atoms with Crippen LogP contribution in [0.5, 0.6) is 0 Å². The van der Waals surface area contributed by atoms with Gasteiger partial charge in [0.05, 0.1) is 0 Å². The summed E-state index contributed by atoms with van der Waals surface area (Å²) >= 11 is 0. The fourth-order valence-corrected chi connectivity index (χ4v) is 1.40. The van der Waals surface area contributed by atoms with Crippen LogP contribution in [0.4, 0.5) is 5.69 Å². The summed E-state index contributed by atoms with van der Waals surface area (Å²) in [5, 5.41) is 2.67. The minimum atomic E-state index is -0.237. The van der Waals surface area contributed by atoms with Crippen LogP contribution in [0.15, 0.2) is 35.3 Å². The zero-order valence-electron chi connectivity index (χ0n) is 8.99. The number of anilines is 1. The molecule has 0 fully saturated rings. The van der Waals surface area contributed by atoms with Gasteiger partial charge in [0.15, 0.2) is 11.5 Å². The number of aromatic nitrogens is 1. The molecule has 0 aliphatic carbocycles. The molecule has 0 saturated carbocycles. The van der Waals surface area contributed by atoms with E-state index in [1.807, 2.05) is 6.92 Å². The molecule has 2 rings (SSSR count). The van der Waals surface area contributed by atoms with Crippen LogP contribution in [0.2, 0.25) is 0 Å². The number of amides is 1. The molecule has 82 valence electrons. The topological polar surface area (TPSA) is 55.1 Å². The third-order valence-corrected chi connectivity index (χ3v) is 2.19. The third-order valence-electron chi connectivity index (χ3n) is 2.19. The molecule has 0 saturated heterocycles. The first-order valence-corrected chi connectivity index (χ1v) is 5.06. The number of fused-ring (bicyclic) bond motifs is 1. The van der Waals surface area contributed by atoms with E-state index >= 15 is 0 Å². The van der Waals surface area contributed by atoms with Gasteiger partial charge in [-0.25, -0.2) is 4.98 Å². The number of nitrogens with one attached hydrogen (secondary N) is 1. The van der Waals surface area contributed by atoms with E-state index in [1.54, 1.807) is 18.2 Å². The molecular weight excluding hydrogens is 204 g/mol. The van der Waals surface area contributed by atoms with Crippen LogP contribution in [0.25, 0.3) is 11.1 Å². The molecule has 0 bridgehead atoms. The van der Waals surface area contributed by atoms with Gasteiger partial charge in [0.2, 0.25) is 5.91 Å². The van der Waals surface area contributed by atoms with Crippen LogP contribution in [0.3, 0.4) is 0 Å². The van der Waals surface area contributed by atoms with Crippen molar-refractivity contribution in [2.75, 3.05) is 5.32 Å². The van der Waals surface area contributed by atoms with Crippen LogP contribution in [0.1, 0.15) is 12.8 Å². The summed E-state index contributed by atoms with van der Waals surface area (Å²) in [6.45, 7) is 5.37. The Kier molecular flexibility index (Phi) is 2.72. The van der Waals surface area contributed by atoms with Gasteiger partial charge in [-0.05, 0) is 24.3 Å². The molecule has 0 radical (unpaired) electrons. The lowest BCUT2D eigenvalue weighted by Crippen LogP contribution is -2.06. The zero-order valence-corrected chi connectivity index (χ0v) is 8.99. The normalized spacial score (nSPS) is 10.3. The molecule has 1 aromatic heterocycles. The minimum absolute atomic E-state index is 0.237. The molecule has 1 N–H and O–H groups in total. The number of rotatable bonds is 3. The molecule has 2 aromatic rings. The molecule has 0 spiro atoms. The monoisotopic (exact) mass is 216 g/mol. The Labute approximate surface area is 93.0 Å². The van der Waals surface area contributed by atoms with Gasteiger partial charge in [-0.3, -0.25) is 4.79 Å². The summed E-state index contributed by atoms with van der Waals surface area (Å²) in [5.74, 6) is 0.459. The number of benzene rings is 1. The summed E-state index contributed by atoms with van der Waals surface area (Å²) in [6, 6.07) is 5.34. The molecule has 16 heavy (non-hydrogen) atoms. The Balaban J connectivity index is 2.35. The lowest BCUT2D eigenvalue weighted by Gasteiger charge is -2.00. The van der Waals surface area contributed by atoms with Gasteiger partial charge in [0, 0.05) is 12.1 Å². The van der Waals surface area contributed by atoms with E-state index in [-0.39, 0.29) is 5.91 Å². The largest absolute Gasteiger partial charge is 0.441 e. The maximum atomic E-state index is 11.1. The molecule has 0 atom stereocenters. The van der Waals surface area contributed by atoms with Crippen molar-refractivity contribution in [2.24, 2.45) is 0 Å². The molecular formula is C12H12N2O2. The Morgan fingerprint density at radius 2 is 2.44 bits per heavy atom. The molecule has 0 aliphatic heterocycles. The first-order valence-electron chi connectivity index (χ1n) is 5.06. The summed E-state index contributed by atoms with van der Waals surface area (Å²) < 4.78 is 5.46. The van der Waals surface area contributed by atoms with Crippen molar-refractivity contribution in [2.45, 2.75) is 13.3 Å². The number of hydrogen-bond acceptors (Lipinski definition) is 3. The van der Waals surface area contributed by atoms with E-state index in [1.165, 1.54) is 6.08 Å². The van der Waals surface area contributed by atoms with Gasteiger partial charge in [-0.15, -0.1) is 0 Å². The molecule has 1 aromatic carbocycles. The average molecular weight is 216 g/mol. The molecule has 4 heteroatoms. The second-order valence-electron chi connectivity index (χ2n) is 3.34. The van der Waals surface area contributed by atoms with Gasteiger partial charge >= 0.3 is 0 Å². The first-order chi connectivity index (χ1) is 7.72. The number of nitrogens with zero attached hydrogens (tertiary/aromatic N) is 1. The Hall–Kier alpha value is -2.10. The lowest BCUT2D eigenvalue weighted by atomic mass is 10.3. The molecule has 4 nitrogen and oxygen atoms in total. The summed E-state index contributed by atoms with van der Waals surface area (Å²) in [4.78, 5) is 15.4. The first kappa shape index (κ1) is 10.4. The van der Waals surface area contributed by atoms with Crippen LogP contribution >= 0.6 is 0 Å². The predicted octanol–water partition coefficient (Wildman–Crippen LogP) is 2.51. The summed E-state index contributed by atoms with van der Waals surface area (Å²) in [5.41, 5.74) is 2.17. The maximum Gasteiger partial charge on any atom is 0.247 e. The van der Waals surface area contributed by atoms with Crippen molar-refractivity contribution in [1.82, 2.24) is 4.98 Å². The third kappa shape index (κ3) is 1.95. The highest BCUT2D eigenvalue weighted by Crippen LogP contribution is 2.20. The lowest BCUT2D eigenvalue weighted by molar-refractivity contribution is -0.111.